The van der Waals surface area contributed by atoms with Crippen LogP contribution in [0, 0.1) is 5.82 Å². The minimum absolute atomic E-state index is 0.191. The molecule has 5 heteroatoms. The van der Waals surface area contributed by atoms with E-state index in [-0.39, 0.29) is 5.82 Å². The van der Waals surface area contributed by atoms with Crippen LogP contribution in [0.3, 0.4) is 0 Å². The lowest BCUT2D eigenvalue weighted by atomic mass is 10.1. The van der Waals surface area contributed by atoms with E-state index < -0.39 is 0 Å². The molecule has 1 heterocycles. The van der Waals surface area contributed by atoms with E-state index >= 15 is 0 Å². The molecule has 0 atom stereocenters. The van der Waals surface area contributed by atoms with Crippen molar-refractivity contribution >= 4 is 0 Å². The molecular weight excluding hydrogens is 355 g/mol. The van der Waals surface area contributed by atoms with Gasteiger partial charge in [0.25, 0.3) is 0 Å². The number of benzene rings is 2. The molecule has 28 heavy (non-hydrogen) atoms. The van der Waals surface area contributed by atoms with Gasteiger partial charge in [0.05, 0.1) is 13.7 Å². The standard InChI is InChI=1S/C23H25FN2O2/c1-3-28-23-13-18(10-11-22(23)27-2)15-26(16-19-7-6-12-25-14-19)17-20-8-4-5-9-21(20)24/h4-14H,3,15-17H2,1-2H3. The Labute approximate surface area is 165 Å². The van der Waals surface area contributed by atoms with E-state index in [0.717, 1.165) is 16.9 Å². The van der Waals surface area contributed by atoms with E-state index in [0.29, 0.717) is 37.6 Å². The summed E-state index contributed by atoms with van der Waals surface area (Å²) >= 11 is 0. The van der Waals surface area contributed by atoms with Crippen LogP contribution in [0.25, 0.3) is 0 Å². The molecule has 0 aliphatic heterocycles. The number of aromatic nitrogens is 1. The van der Waals surface area contributed by atoms with Crippen molar-refractivity contribution in [3.8, 4) is 11.5 Å². The highest BCUT2D eigenvalue weighted by Crippen LogP contribution is 2.29. The van der Waals surface area contributed by atoms with Crippen molar-refractivity contribution in [3.05, 3.63) is 89.5 Å². The number of rotatable bonds is 9. The van der Waals surface area contributed by atoms with Crippen LogP contribution in [-0.2, 0) is 19.6 Å². The summed E-state index contributed by atoms with van der Waals surface area (Å²) in [6.07, 6.45) is 3.59. The van der Waals surface area contributed by atoms with E-state index in [4.69, 9.17) is 9.47 Å². The highest BCUT2D eigenvalue weighted by atomic mass is 19.1. The second kappa shape index (κ2) is 9.85. The fourth-order valence-corrected chi connectivity index (χ4v) is 3.13. The Kier molecular flexibility index (Phi) is 6.98. The second-order valence-corrected chi connectivity index (χ2v) is 6.52. The monoisotopic (exact) mass is 380 g/mol. The Morgan fingerprint density at radius 1 is 0.929 bits per heavy atom. The zero-order valence-corrected chi connectivity index (χ0v) is 16.3. The summed E-state index contributed by atoms with van der Waals surface area (Å²) in [6, 6.07) is 16.7. The molecule has 2 aromatic carbocycles. The van der Waals surface area contributed by atoms with E-state index in [9.17, 15) is 4.39 Å². The van der Waals surface area contributed by atoms with Gasteiger partial charge in [-0.3, -0.25) is 9.88 Å². The molecule has 0 aliphatic carbocycles. The summed E-state index contributed by atoms with van der Waals surface area (Å²) < 4.78 is 25.3. The first-order chi connectivity index (χ1) is 13.7. The smallest absolute Gasteiger partial charge is 0.161 e. The molecule has 1 aromatic heterocycles. The second-order valence-electron chi connectivity index (χ2n) is 6.52. The Morgan fingerprint density at radius 2 is 1.75 bits per heavy atom. The fraction of sp³-hybridized carbons (Fsp3) is 0.261. The molecule has 0 radical (unpaired) electrons. The summed E-state index contributed by atoms with van der Waals surface area (Å²) in [5, 5.41) is 0. The van der Waals surface area contributed by atoms with Gasteiger partial charge in [-0.1, -0.05) is 30.3 Å². The molecule has 3 aromatic rings. The number of halogens is 1. The average molecular weight is 380 g/mol. The van der Waals surface area contributed by atoms with Gasteiger partial charge in [0.2, 0.25) is 0 Å². The van der Waals surface area contributed by atoms with Gasteiger partial charge in [-0.25, -0.2) is 4.39 Å². The molecule has 0 amide bonds. The zero-order valence-electron chi connectivity index (χ0n) is 16.3. The predicted molar refractivity (Wildman–Crippen MR) is 108 cm³/mol. The molecule has 0 N–H and O–H groups in total. The average Bonchev–Trinajstić information content (AvgIpc) is 2.71. The van der Waals surface area contributed by atoms with Crippen LogP contribution in [0.5, 0.6) is 11.5 Å². The Morgan fingerprint density at radius 3 is 2.46 bits per heavy atom. The molecule has 0 saturated heterocycles. The van der Waals surface area contributed by atoms with Crippen molar-refractivity contribution in [2.75, 3.05) is 13.7 Å². The lowest BCUT2D eigenvalue weighted by molar-refractivity contribution is 0.243. The van der Waals surface area contributed by atoms with Crippen molar-refractivity contribution in [2.45, 2.75) is 26.6 Å². The van der Waals surface area contributed by atoms with Gasteiger partial charge in [0.1, 0.15) is 5.82 Å². The molecule has 0 spiro atoms. The van der Waals surface area contributed by atoms with Crippen LogP contribution in [0.2, 0.25) is 0 Å². The molecule has 0 saturated carbocycles. The number of pyridine rings is 1. The van der Waals surface area contributed by atoms with Gasteiger partial charge in [-0.15, -0.1) is 0 Å². The number of hydrogen-bond donors (Lipinski definition) is 0. The van der Waals surface area contributed by atoms with Crippen LogP contribution >= 0.6 is 0 Å². The third kappa shape index (κ3) is 5.30. The van der Waals surface area contributed by atoms with Crippen LogP contribution in [0.1, 0.15) is 23.6 Å². The van der Waals surface area contributed by atoms with Gasteiger partial charge in [-0.2, -0.15) is 0 Å². The number of ether oxygens (including phenoxy) is 2. The van der Waals surface area contributed by atoms with E-state index in [1.807, 2.05) is 55.6 Å². The minimum atomic E-state index is -0.191. The maximum Gasteiger partial charge on any atom is 0.161 e. The fourth-order valence-electron chi connectivity index (χ4n) is 3.13. The van der Waals surface area contributed by atoms with E-state index in [2.05, 4.69) is 9.88 Å². The van der Waals surface area contributed by atoms with Crippen LogP contribution in [-0.4, -0.2) is 23.6 Å². The Balaban J connectivity index is 1.84. The highest BCUT2D eigenvalue weighted by molar-refractivity contribution is 5.43. The van der Waals surface area contributed by atoms with Gasteiger partial charge < -0.3 is 9.47 Å². The normalized spacial score (nSPS) is 10.9. The molecule has 0 bridgehead atoms. The van der Waals surface area contributed by atoms with Crippen LogP contribution < -0.4 is 9.47 Å². The molecule has 4 nitrogen and oxygen atoms in total. The third-order valence-corrected chi connectivity index (χ3v) is 4.41. The highest BCUT2D eigenvalue weighted by Gasteiger charge is 2.13. The maximum atomic E-state index is 14.2. The quantitative estimate of drug-likeness (QED) is 0.533. The summed E-state index contributed by atoms with van der Waals surface area (Å²) in [4.78, 5) is 6.38. The van der Waals surface area contributed by atoms with Crippen molar-refractivity contribution in [1.82, 2.24) is 9.88 Å². The first-order valence-electron chi connectivity index (χ1n) is 9.34. The molecule has 0 unspecified atom stereocenters. The maximum absolute atomic E-state index is 14.2. The van der Waals surface area contributed by atoms with Gasteiger partial charge in [0, 0.05) is 37.6 Å². The van der Waals surface area contributed by atoms with Gasteiger partial charge in [-0.05, 0) is 42.3 Å². The summed E-state index contributed by atoms with van der Waals surface area (Å²) in [5.41, 5.74) is 2.83. The van der Waals surface area contributed by atoms with E-state index in [1.165, 1.54) is 6.07 Å². The summed E-state index contributed by atoms with van der Waals surface area (Å²) in [5.74, 6) is 1.23. The third-order valence-electron chi connectivity index (χ3n) is 4.41. The summed E-state index contributed by atoms with van der Waals surface area (Å²) in [6.45, 7) is 4.32. The van der Waals surface area contributed by atoms with Crippen molar-refractivity contribution in [3.63, 3.8) is 0 Å². The lowest BCUT2D eigenvalue weighted by Gasteiger charge is -2.23. The predicted octanol–water partition coefficient (Wildman–Crippen LogP) is 4.83. The van der Waals surface area contributed by atoms with Gasteiger partial charge >= 0.3 is 0 Å². The molecule has 3 rings (SSSR count). The largest absolute Gasteiger partial charge is 0.493 e. The molecular formula is C23H25FN2O2. The first kappa shape index (κ1) is 19.8. The number of hydrogen-bond acceptors (Lipinski definition) is 4. The first-order valence-corrected chi connectivity index (χ1v) is 9.34. The van der Waals surface area contributed by atoms with Crippen molar-refractivity contribution in [2.24, 2.45) is 0 Å². The molecule has 146 valence electrons. The zero-order chi connectivity index (χ0) is 19.8. The summed E-state index contributed by atoms with van der Waals surface area (Å²) in [7, 11) is 1.63. The van der Waals surface area contributed by atoms with Crippen molar-refractivity contribution < 1.29 is 13.9 Å². The number of nitrogens with zero attached hydrogens (tertiary/aromatic N) is 2. The molecule has 0 aliphatic rings. The molecule has 0 fully saturated rings. The van der Waals surface area contributed by atoms with Crippen LogP contribution in [0.4, 0.5) is 4.39 Å². The Bertz CT molecular complexity index is 887. The minimum Gasteiger partial charge on any atom is -0.493 e. The lowest BCUT2D eigenvalue weighted by Crippen LogP contribution is -2.23. The number of methoxy groups -OCH3 is 1. The SMILES string of the molecule is CCOc1cc(CN(Cc2cccnc2)Cc2ccccc2F)ccc1OC. The van der Waals surface area contributed by atoms with Gasteiger partial charge in [0.15, 0.2) is 11.5 Å². The van der Waals surface area contributed by atoms with Crippen molar-refractivity contribution in [1.29, 1.82) is 0 Å². The van der Waals surface area contributed by atoms with E-state index in [1.54, 1.807) is 19.4 Å². The topological polar surface area (TPSA) is 34.6 Å². The Hall–Kier alpha value is -2.92. The van der Waals surface area contributed by atoms with Crippen LogP contribution in [0.15, 0.2) is 67.0 Å².